The van der Waals surface area contributed by atoms with E-state index in [0.29, 0.717) is 26.1 Å². The number of unbranched alkanes of at least 4 members (excludes halogenated alkanes) is 2. The summed E-state index contributed by atoms with van der Waals surface area (Å²) < 4.78 is 10.9. The molecule has 0 amide bonds. The molecule has 1 aromatic carbocycles. The lowest BCUT2D eigenvalue weighted by Crippen LogP contribution is -2.30. The number of carbonyl (C=O) groups excluding carboxylic acids is 1. The van der Waals surface area contributed by atoms with Crippen LogP contribution in [0.3, 0.4) is 0 Å². The minimum atomic E-state index is -0.268. The Balaban J connectivity index is 2.43. The molecule has 0 heterocycles. The number of para-hydroxylation sites is 1. The van der Waals surface area contributed by atoms with Crippen LogP contribution in [0, 0.1) is 0 Å². The maximum atomic E-state index is 11.2. The third-order valence-electron chi connectivity index (χ3n) is 3.46. The van der Waals surface area contributed by atoms with Gasteiger partial charge in [0.25, 0.3) is 0 Å². The molecule has 5 nitrogen and oxygen atoms in total. The van der Waals surface area contributed by atoms with Crippen molar-refractivity contribution in [1.29, 1.82) is 0 Å². The molecule has 1 rings (SSSR count). The lowest BCUT2D eigenvalue weighted by atomic mass is 10.1. The Hall–Kier alpha value is -1.59. The number of hydrogen-bond acceptors (Lipinski definition) is 4. The fraction of sp³-hybridized carbons (Fsp3) is 0.611. The Morgan fingerprint density at radius 1 is 1.22 bits per heavy atom. The zero-order chi connectivity index (χ0) is 16.9. The lowest BCUT2D eigenvalue weighted by molar-refractivity contribution is -0.146. The summed E-state index contributed by atoms with van der Waals surface area (Å²) in [6, 6.07) is 7.90. The van der Waals surface area contributed by atoms with Gasteiger partial charge in [0, 0.05) is 25.6 Å². The van der Waals surface area contributed by atoms with Crippen molar-refractivity contribution in [3.05, 3.63) is 29.8 Å². The molecule has 0 aromatic heterocycles. The Labute approximate surface area is 139 Å². The van der Waals surface area contributed by atoms with Crippen LogP contribution >= 0.6 is 0 Å². The highest BCUT2D eigenvalue weighted by Gasteiger charge is 2.12. The van der Waals surface area contributed by atoms with Crippen LogP contribution in [0.25, 0.3) is 0 Å². The Bertz CT molecular complexity index is 450. The summed E-state index contributed by atoms with van der Waals surface area (Å²) in [5.41, 5.74) is 1.09. The van der Waals surface area contributed by atoms with E-state index >= 15 is 0 Å². The number of carbonyl (C=O) groups is 1. The third kappa shape index (κ3) is 8.57. The van der Waals surface area contributed by atoms with Crippen LogP contribution in [0.1, 0.15) is 45.1 Å². The number of rotatable bonds is 12. The molecule has 1 unspecified atom stereocenters. The van der Waals surface area contributed by atoms with Gasteiger partial charge in [-0.25, -0.2) is 5.11 Å². The molecule has 0 saturated carbocycles. The SMILES string of the molecule is CCOc1ccccc1CNCC(CCCCC[O])OC(C)=O. The fourth-order valence-corrected chi connectivity index (χ4v) is 2.40. The average Bonchev–Trinajstić information content (AvgIpc) is 2.52. The average molecular weight is 322 g/mol. The van der Waals surface area contributed by atoms with Crippen molar-refractivity contribution in [1.82, 2.24) is 5.32 Å². The molecule has 0 spiro atoms. The maximum Gasteiger partial charge on any atom is 0.302 e. The molecule has 1 radical (unpaired) electrons. The standard InChI is InChI=1S/C18H28NO4/c1-3-22-18-11-7-6-9-16(18)13-19-14-17(23-15(2)21)10-5-4-8-12-20/h6-7,9,11,17,19H,3-5,8,10,12-14H2,1-2H3. The summed E-state index contributed by atoms with van der Waals surface area (Å²) in [6.45, 7) is 5.24. The van der Waals surface area contributed by atoms with Crippen LogP contribution < -0.4 is 10.1 Å². The molecule has 0 aliphatic rings. The maximum absolute atomic E-state index is 11.2. The van der Waals surface area contributed by atoms with E-state index in [9.17, 15) is 9.90 Å². The van der Waals surface area contributed by atoms with Gasteiger partial charge < -0.3 is 14.8 Å². The van der Waals surface area contributed by atoms with E-state index in [1.165, 1.54) is 6.92 Å². The van der Waals surface area contributed by atoms with Crippen LogP contribution in [0.15, 0.2) is 24.3 Å². The first-order chi connectivity index (χ1) is 11.2. The zero-order valence-corrected chi connectivity index (χ0v) is 14.2. The van der Waals surface area contributed by atoms with Gasteiger partial charge in [-0.3, -0.25) is 4.79 Å². The highest BCUT2D eigenvalue weighted by molar-refractivity contribution is 5.66. The van der Waals surface area contributed by atoms with Crippen molar-refractivity contribution < 1.29 is 19.4 Å². The molecule has 129 valence electrons. The molecule has 0 fully saturated rings. The second-order valence-corrected chi connectivity index (χ2v) is 5.46. The van der Waals surface area contributed by atoms with Gasteiger partial charge in [-0.2, -0.15) is 0 Å². The summed E-state index contributed by atoms with van der Waals surface area (Å²) >= 11 is 0. The Kier molecular flexibility index (Phi) is 10.1. The third-order valence-corrected chi connectivity index (χ3v) is 3.46. The summed E-state index contributed by atoms with van der Waals surface area (Å²) in [5, 5.41) is 13.8. The molecule has 0 bridgehead atoms. The van der Waals surface area contributed by atoms with Gasteiger partial charge >= 0.3 is 5.97 Å². The molecule has 23 heavy (non-hydrogen) atoms. The van der Waals surface area contributed by atoms with Crippen molar-refractivity contribution in [2.75, 3.05) is 19.8 Å². The van der Waals surface area contributed by atoms with E-state index < -0.39 is 0 Å². The van der Waals surface area contributed by atoms with E-state index in [0.717, 1.165) is 30.6 Å². The quantitative estimate of drug-likeness (QED) is 0.474. The molecule has 0 aliphatic carbocycles. The molecule has 0 aliphatic heterocycles. The number of benzene rings is 1. The van der Waals surface area contributed by atoms with Gasteiger partial charge in [0.05, 0.1) is 13.2 Å². The van der Waals surface area contributed by atoms with Crippen LogP contribution in [0.5, 0.6) is 5.75 Å². The minimum absolute atomic E-state index is 0.0370. The van der Waals surface area contributed by atoms with Crippen LogP contribution in [-0.4, -0.2) is 31.8 Å². The van der Waals surface area contributed by atoms with E-state index in [4.69, 9.17) is 9.47 Å². The van der Waals surface area contributed by atoms with Crippen molar-refractivity contribution in [3.63, 3.8) is 0 Å². The summed E-state index contributed by atoms with van der Waals surface area (Å²) in [5.74, 6) is 0.609. The van der Waals surface area contributed by atoms with Crippen molar-refractivity contribution in [2.24, 2.45) is 0 Å². The summed E-state index contributed by atoms with van der Waals surface area (Å²) in [7, 11) is 0. The largest absolute Gasteiger partial charge is 0.494 e. The van der Waals surface area contributed by atoms with E-state index in [1.54, 1.807) is 0 Å². The highest BCUT2D eigenvalue weighted by Crippen LogP contribution is 2.17. The van der Waals surface area contributed by atoms with Crippen molar-refractivity contribution >= 4 is 5.97 Å². The zero-order valence-electron chi connectivity index (χ0n) is 14.2. The van der Waals surface area contributed by atoms with Crippen molar-refractivity contribution in [2.45, 2.75) is 52.2 Å². The first-order valence-electron chi connectivity index (χ1n) is 8.34. The van der Waals surface area contributed by atoms with E-state index in [1.807, 2.05) is 31.2 Å². The highest BCUT2D eigenvalue weighted by atomic mass is 16.5. The molecule has 5 heteroatoms. The monoisotopic (exact) mass is 322 g/mol. The minimum Gasteiger partial charge on any atom is -0.494 e. The van der Waals surface area contributed by atoms with Crippen molar-refractivity contribution in [3.8, 4) is 5.75 Å². The molecule has 1 N–H and O–H groups in total. The molecule has 0 saturated heterocycles. The normalized spacial score (nSPS) is 12.0. The summed E-state index contributed by atoms with van der Waals surface area (Å²) in [4.78, 5) is 11.2. The topological polar surface area (TPSA) is 67.5 Å². The number of ether oxygens (including phenoxy) is 2. The van der Waals surface area contributed by atoms with E-state index in [2.05, 4.69) is 5.32 Å². The molecular weight excluding hydrogens is 294 g/mol. The van der Waals surface area contributed by atoms with Crippen LogP contribution in [-0.2, 0) is 21.2 Å². The first kappa shape index (κ1) is 19.5. The molecule has 1 aromatic rings. The number of nitrogens with one attached hydrogen (secondary N) is 1. The number of esters is 1. The predicted octanol–water partition coefficient (Wildman–Crippen LogP) is 3.10. The second kappa shape index (κ2) is 11.9. The number of hydrogen-bond donors (Lipinski definition) is 1. The van der Waals surface area contributed by atoms with Crippen LogP contribution in [0.2, 0.25) is 0 Å². The second-order valence-electron chi connectivity index (χ2n) is 5.46. The lowest BCUT2D eigenvalue weighted by Gasteiger charge is -2.18. The Morgan fingerprint density at radius 2 is 2.00 bits per heavy atom. The van der Waals surface area contributed by atoms with Gasteiger partial charge in [0.15, 0.2) is 0 Å². The predicted molar refractivity (Wildman–Crippen MR) is 88.9 cm³/mol. The first-order valence-corrected chi connectivity index (χ1v) is 8.34. The van der Waals surface area contributed by atoms with Gasteiger partial charge in [-0.1, -0.05) is 24.6 Å². The fourth-order valence-electron chi connectivity index (χ4n) is 2.40. The van der Waals surface area contributed by atoms with Gasteiger partial charge in [-0.05, 0) is 32.3 Å². The van der Waals surface area contributed by atoms with Gasteiger partial charge in [-0.15, -0.1) is 0 Å². The molecular formula is C18H28NO4. The van der Waals surface area contributed by atoms with Gasteiger partial charge in [0.1, 0.15) is 11.9 Å². The van der Waals surface area contributed by atoms with E-state index in [-0.39, 0.29) is 18.7 Å². The van der Waals surface area contributed by atoms with Gasteiger partial charge in [0.2, 0.25) is 0 Å². The van der Waals surface area contributed by atoms with Crippen LogP contribution in [0.4, 0.5) is 0 Å². The Morgan fingerprint density at radius 3 is 2.70 bits per heavy atom. The summed E-state index contributed by atoms with van der Waals surface area (Å²) in [6.07, 6.45) is 3.09. The smallest absolute Gasteiger partial charge is 0.302 e. The molecule has 1 atom stereocenters.